The van der Waals surface area contributed by atoms with Crippen LogP contribution >= 0.6 is 27.3 Å². The Morgan fingerprint density at radius 1 is 1.50 bits per heavy atom. The summed E-state index contributed by atoms with van der Waals surface area (Å²) in [5, 5.41) is 2.05. The molecule has 0 amide bonds. The minimum absolute atomic E-state index is 0.599. The van der Waals surface area contributed by atoms with E-state index in [4.69, 9.17) is 5.73 Å². The molecule has 4 heteroatoms. The number of hydrogen-bond donors (Lipinski definition) is 1. The fraction of sp³-hybridized carbons (Fsp3) is 0.100. The van der Waals surface area contributed by atoms with Gasteiger partial charge < -0.3 is 5.73 Å². The van der Waals surface area contributed by atoms with Crippen LogP contribution < -0.4 is 5.73 Å². The van der Waals surface area contributed by atoms with Crippen molar-refractivity contribution in [2.75, 3.05) is 5.73 Å². The zero-order valence-corrected chi connectivity index (χ0v) is 10.0. The van der Waals surface area contributed by atoms with Gasteiger partial charge in [0.2, 0.25) is 0 Å². The third-order valence-electron chi connectivity index (χ3n) is 2.00. The van der Waals surface area contributed by atoms with Gasteiger partial charge in [0.05, 0.1) is 0 Å². The van der Waals surface area contributed by atoms with Crippen molar-refractivity contribution in [3.8, 4) is 10.4 Å². The number of thiophene rings is 1. The molecule has 0 saturated carbocycles. The van der Waals surface area contributed by atoms with Gasteiger partial charge in [-0.05, 0) is 45.9 Å². The molecule has 0 unspecified atom stereocenters. The predicted molar refractivity (Wildman–Crippen MR) is 64.4 cm³/mol. The highest BCUT2D eigenvalue weighted by Gasteiger charge is 2.06. The summed E-state index contributed by atoms with van der Waals surface area (Å²) in [4.78, 5) is 5.33. The summed E-state index contributed by atoms with van der Waals surface area (Å²) >= 11 is 5.19. The van der Waals surface area contributed by atoms with Crippen LogP contribution in [-0.4, -0.2) is 4.98 Å². The van der Waals surface area contributed by atoms with Crippen LogP contribution in [0.25, 0.3) is 10.4 Å². The van der Waals surface area contributed by atoms with E-state index < -0.39 is 0 Å². The lowest BCUT2D eigenvalue weighted by atomic mass is 10.2. The van der Waals surface area contributed by atoms with Gasteiger partial charge in [-0.1, -0.05) is 0 Å². The van der Waals surface area contributed by atoms with E-state index in [2.05, 4.69) is 27.0 Å². The lowest BCUT2D eigenvalue weighted by Crippen LogP contribution is -1.93. The largest absolute Gasteiger partial charge is 0.383 e. The predicted octanol–water partition coefficient (Wildman–Crippen LogP) is 3.46. The quantitative estimate of drug-likeness (QED) is 0.861. The van der Waals surface area contributed by atoms with Crippen LogP contribution in [0.5, 0.6) is 0 Å². The third-order valence-corrected chi connectivity index (χ3v) is 3.88. The highest BCUT2D eigenvalue weighted by atomic mass is 79.9. The second kappa shape index (κ2) is 3.71. The molecular formula is C10H9BrN2S. The van der Waals surface area contributed by atoms with Crippen LogP contribution in [0.1, 0.15) is 5.56 Å². The number of nitrogen functional groups attached to an aromatic ring is 1. The van der Waals surface area contributed by atoms with Gasteiger partial charge in [-0.2, -0.15) is 0 Å². The summed E-state index contributed by atoms with van der Waals surface area (Å²) in [7, 11) is 0. The zero-order valence-electron chi connectivity index (χ0n) is 7.62. The molecule has 0 aliphatic rings. The average molecular weight is 269 g/mol. The van der Waals surface area contributed by atoms with Crippen molar-refractivity contribution in [3.05, 3.63) is 33.7 Å². The number of rotatable bonds is 1. The molecular weight excluding hydrogens is 260 g/mol. The van der Waals surface area contributed by atoms with Crippen LogP contribution in [0.2, 0.25) is 0 Å². The minimum Gasteiger partial charge on any atom is -0.383 e. The molecule has 0 spiro atoms. The van der Waals surface area contributed by atoms with Gasteiger partial charge in [-0.3, -0.25) is 0 Å². The van der Waals surface area contributed by atoms with Crippen LogP contribution in [0, 0.1) is 6.92 Å². The molecule has 2 rings (SSSR count). The summed E-state index contributed by atoms with van der Waals surface area (Å²) in [6.07, 6.45) is 1.80. The smallest absolute Gasteiger partial charge is 0.126 e. The van der Waals surface area contributed by atoms with Crippen LogP contribution in [0.3, 0.4) is 0 Å². The molecule has 2 aromatic heterocycles. The van der Waals surface area contributed by atoms with Crippen molar-refractivity contribution in [2.45, 2.75) is 6.92 Å². The van der Waals surface area contributed by atoms with Gasteiger partial charge >= 0.3 is 0 Å². The monoisotopic (exact) mass is 268 g/mol. The zero-order chi connectivity index (χ0) is 10.1. The van der Waals surface area contributed by atoms with Gasteiger partial charge in [0.15, 0.2) is 0 Å². The number of aromatic nitrogens is 1. The maximum absolute atomic E-state index is 5.66. The molecule has 2 nitrogen and oxygen atoms in total. The van der Waals surface area contributed by atoms with Crippen molar-refractivity contribution in [2.24, 2.45) is 0 Å². The summed E-state index contributed by atoms with van der Waals surface area (Å²) < 4.78 is 1.11. The van der Waals surface area contributed by atoms with E-state index in [1.807, 2.05) is 18.4 Å². The van der Waals surface area contributed by atoms with E-state index in [1.165, 1.54) is 4.88 Å². The van der Waals surface area contributed by atoms with E-state index in [-0.39, 0.29) is 0 Å². The first-order chi connectivity index (χ1) is 6.68. The van der Waals surface area contributed by atoms with E-state index in [9.17, 15) is 0 Å². The molecule has 14 heavy (non-hydrogen) atoms. The van der Waals surface area contributed by atoms with Crippen molar-refractivity contribution in [1.82, 2.24) is 4.98 Å². The number of nitrogens with two attached hydrogens (primary N) is 1. The number of nitrogens with zero attached hydrogens (tertiary/aromatic N) is 1. The average Bonchev–Trinajstić information content (AvgIpc) is 2.57. The van der Waals surface area contributed by atoms with Gasteiger partial charge in [0.1, 0.15) is 5.82 Å². The van der Waals surface area contributed by atoms with Gasteiger partial charge in [0.25, 0.3) is 0 Å². The second-order valence-electron chi connectivity index (χ2n) is 3.02. The summed E-state index contributed by atoms with van der Waals surface area (Å²) in [5.74, 6) is 0.599. The molecule has 2 N–H and O–H groups in total. The number of hydrogen-bond acceptors (Lipinski definition) is 3. The van der Waals surface area contributed by atoms with Crippen molar-refractivity contribution >= 4 is 33.1 Å². The van der Waals surface area contributed by atoms with E-state index in [0.717, 1.165) is 15.6 Å². The van der Waals surface area contributed by atoms with Crippen molar-refractivity contribution in [1.29, 1.82) is 0 Å². The standard InChI is InChI=1S/C10H9BrN2S/c1-6-4-7(5-13-10(6)12)9-8(11)2-3-14-9/h2-5H,1H3,(H2,12,13). The number of anilines is 1. The Morgan fingerprint density at radius 3 is 2.86 bits per heavy atom. The van der Waals surface area contributed by atoms with Crippen molar-refractivity contribution in [3.63, 3.8) is 0 Å². The van der Waals surface area contributed by atoms with Gasteiger partial charge in [0, 0.05) is 21.1 Å². The SMILES string of the molecule is Cc1cc(-c2sccc2Br)cnc1N. The van der Waals surface area contributed by atoms with Gasteiger partial charge in [-0.25, -0.2) is 4.98 Å². The lowest BCUT2D eigenvalue weighted by molar-refractivity contribution is 1.28. The second-order valence-corrected chi connectivity index (χ2v) is 4.79. The molecule has 0 fully saturated rings. The minimum atomic E-state index is 0.599. The normalized spacial score (nSPS) is 10.4. The Morgan fingerprint density at radius 2 is 2.29 bits per heavy atom. The Kier molecular flexibility index (Phi) is 2.56. The first-order valence-electron chi connectivity index (χ1n) is 4.14. The summed E-state index contributed by atoms with van der Waals surface area (Å²) in [5.41, 5.74) is 7.79. The highest BCUT2D eigenvalue weighted by Crippen LogP contribution is 2.33. The Labute approximate surface area is 94.9 Å². The molecule has 0 saturated heterocycles. The first kappa shape index (κ1) is 9.68. The topological polar surface area (TPSA) is 38.9 Å². The molecule has 72 valence electrons. The van der Waals surface area contributed by atoms with Crippen LogP contribution in [-0.2, 0) is 0 Å². The molecule has 0 aliphatic heterocycles. The first-order valence-corrected chi connectivity index (χ1v) is 5.81. The van der Waals surface area contributed by atoms with E-state index >= 15 is 0 Å². The maximum Gasteiger partial charge on any atom is 0.126 e. The fourth-order valence-electron chi connectivity index (χ4n) is 1.21. The van der Waals surface area contributed by atoms with Crippen LogP contribution in [0.4, 0.5) is 5.82 Å². The molecule has 0 radical (unpaired) electrons. The van der Waals surface area contributed by atoms with Crippen LogP contribution in [0.15, 0.2) is 28.2 Å². The summed E-state index contributed by atoms with van der Waals surface area (Å²) in [6.45, 7) is 1.97. The Hall–Kier alpha value is -0.870. The van der Waals surface area contributed by atoms with E-state index in [0.29, 0.717) is 5.82 Å². The Bertz CT molecular complexity index is 465. The van der Waals surface area contributed by atoms with Crippen molar-refractivity contribution < 1.29 is 0 Å². The Balaban J connectivity index is 2.53. The molecule has 0 atom stereocenters. The molecule has 0 aromatic carbocycles. The third kappa shape index (κ3) is 1.67. The van der Waals surface area contributed by atoms with Gasteiger partial charge in [-0.15, -0.1) is 11.3 Å². The molecule has 0 aliphatic carbocycles. The maximum atomic E-state index is 5.66. The molecule has 2 aromatic rings. The highest BCUT2D eigenvalue weighted by molar-refractivity contribution is 9.10. The molecule has 0 bridgehead atoms. The number of halogens is 1. The lowest BCUT2D eigenvalue weighted by Gasteiger charge is -2.02. The molecule has 2 heterocycles. The number of aryl methyl sites for hydroxylation is 1. The number of pyridine rings is 1. The fourth-order valence-corrected chi connectivity index (χ4v) is 2.79. The van der Waals surface area contributed by atoms with E-state index in [1.54, 1.807) is 17.5 Å². The summed E-state index contributed by atoms with van der Waals surface area (Å²) in [6, 6.07) is 4.09.